The Hall–Kier alpha value is -2.77. The number of amides is 1. The largest absolute Gasteiger partial charge is 0.431 e. The van der Waals surface area contributed by atoms with Crippen molar-refractivity contribution in [3.8, 4) is 0 Å². The zero-order valence-electron chi connectivity index (χ0n) is 14.2. The van der Waals surface area contributed by atoms with Gasteiger partial charge < -0.3 is 15.6 Å². The summed E-state index contributed by atoms with van der Waals surface area (Å²) in [5.74, 6) is -0.702. The zero-order valence-corrected chi connectivity index (χ0v) is 14.2. The molecule has 0 aliphatic carbocycles. The molecule has 3 N–H and O–H groups in total. The number of halogens is 3. The third-order valence-corrected chi connectivity index (χ3v) is 4.34. The summed E-state index contributed by atoms with van der Waals surface area (Å²) in [5.41, 5.74) is 0.199. The van der Waals surface area contributed by atoms with Crippen LogP contribution in [0.2, 0.25) is 0 Å². The number of hydrogen-bond acceptors (Lipinski definition) is 3. The Kier molecular flexibility index (Phi) is 4.52. The van der Waals surface area contributed by atoms with Gasteiger partial charge in [0, 0.05) is 11.7 Å². The standard InChI is InChI=1S/C18H18F3N3O2/c1-9-3-5-13-12(7-9)14(8-10(2)22-13)23-16(25)11-4-6-15(18(19,20)21)24-17(11)26/h3-7,10,14,22H,8H2,1-2H3,(H,23,25)(H,24,26)/t10-,14+/m0/s1. The number of alkyl halides is 3. The number of benzene rings is 1. The van der Waals surface area contributed by atoms with E-state index >= 15 is 0 Å². The SMILES string of the molecule is Cc1ccc2c(c1)[C@H](NC(=O)c1ccc(C(F)(F)F)[nH]c1=O)C[C@H](C)N2. The van der Waals surface area contributed by atoms with Crippen LogP contribution in [0.4, 0.5) is 18.9 Å². The van der Waals surface area contributed by atoms with E-state index < -0.39 is 23.3 Å². The van der Waals surface area contributed by atoms with Gasteiger partial charge in [-0.15, -0.1) is 0 Å². The van der Waals surface area contributed by atoms with Crippen LogP contribution in [0.5, 0.6) is 0 Å². The van der Waals surface area contributed by atoms with E-state index in [0.29, 0.717) is 12.5 Å². The lowest BCUT2D eigenvalue weighted by Crippen LogP contribution is -2.38. The monoisotopic (exact) mass is 365 g/mol. The van der Waals surface area contributed by atoms with Gasteiger partial charge in [-0.3, -0.25) is 9.59 Å². The molecule has 8 heteroatoms. The van der Waals surface area contributed by atoms with Crippen molar-refractivity contribution in [3.05, 3.63) is 63.1 Å². The Labute approximate surface area is 147 Å². The lowest BCUT2D eigenvalue weighted by atomic mass is 9.92. The number of anilines is 1. The number of aromatic nitrogens is 1. The molecule has 1 aromatic carbocycles. The van der Waals surface area contributed by atoms with E-state index in [9.17, 15) is 22.8 Å². The predicted molar refractivity (Wildman–Crippen MR) is 91.2 cm³/mol. The molecule has 2 aromatic rings. The average molecular weight is 365 g/mol. The lowest BCUT2D eigenvalue weighted by Gasteiger charge is -2.32. The first-order valence-corrected chi connectivity index (χ1v) is 8.13. The van der Waals surface area contributed by atoms with Crippen LogP contribution in [0.25, 0.3) is 0 Å². The van der Waals surface area contributed by atoms with Crippen LogP contribution >= 0.6 is 0 Å². The fourth-order valence-electron chi connectivity index (χ4n) is 3.10. The molecule has 0 bridgehead atoms. The van der Waals surface area contributed by atoms with E-state index in [0.717, 1.165) is 22.9 Å². The Morgan fingerprint density at radius 2 is 1.96 bits per heavy atom. The number of carbonyl (C=O) groups is 1. The van der Waals surface area contributed by atoms with Crippen molar-refractivity contribution >= 4 is 11.6 Å². The highest BCUT2D eigenvalue weighted by Gasteiger charge is 2.33. The van der Waals surface area contributed by atoms with E-state index in [1.807, 2.05) is 32.0 Å². The topological polar surface area (TPSA) is 74.0 Å². The number of rotatable bonds is 2. The Morgan fingerprint density at radius 3 is 2.62 bits per heavy atom. The zero-order chi connectivity index (χ0) is 19.1. The molecule has 0 spiro atoms. The highest BCUT2D eigenvalue weighted by Crippen LogP contribution is 2.33. The minimum atomic E-state index is -4.67. The number of nitrogens with one attached hydrogen (secondary N) is 3. The second-order valence-corrected chi connectivity index (χ2v) is 6.51. The van der Waals surface area contributed by atoms with Crippen LogP contribution in [-0.4, -0.2) is 16.9 Å². The number of carbonyl (C=O) groups excluding carboxylic acids is 1. The molecule has 26 heavy (non-hydrogen) atoms. The number of pyridine rings is 1. The smallest absolute Gasteiger partial charge is 0.382 e. The maximum Gasteiger partial charge on any atom is 0.431 e. The maximum atomic E-state index is 12.6. The summed E-state index contributed by atoms with van der Waals surface area (Å²) >= 11 is 0. The van der Waals surface area contributed by atoms with Crippen molar-refractivity contribution in [1.82, 2.24) is 10.3 Å². The quantitative estimate of drug-likeness (QED) is 0.764. The van der Waals surface area contributed by atoms with Crippen molar-refractivity contribution in [2.45, 2.75) is 38.5 Å². The fraction of sp³-hybridized carbons (Fsp3) is 0.333. The Morgan fingerprint density at radius 1 is 1.23 bits per heavy atom. The van der Waals surface area contributed by atoms with Gasteiger partial charge in [0.25, 0.3) is 11.5 Å². The number of fused-ring (bicyclic) bond motifs is 1. The summed E-state index contributed by atoms with van der Waals surface area (Å²) < 4.78 is 37.9. The summed E-state index contributed by atoms with van der Waals surface area (Å²) in [6, 6.07) is 7.17. The summed E-state index contributed by atoms with van der Waals surface area (Å²) in [7, 11) is 0. The maximum absolute atomic E-state index is 12.6. The van der Waals surface area contributed by atoms with Crippen molar-refractivity contribution in [3.63, 3.8) is 0 Å². The number of H-pyrrole nitrogens is 1. The van der Waals surface area contributed by atoms with E-state index in [-0.39, 0.29) is 17.6 Å². The molecule has 1 aliphatic rings. The number of aromatic amines is 1. The molecule has 0 radical (unpaired) electrons. The van der Waals surface area contributed by atoms with Gasteiger partial charge in [-0.25, -0.2) is 0 Å². The van der Waals surface area contributed by atoms with Gasteiger partial charge in [0.05, 0.1) is 6.04 Å². The molecule has 0 saturated carbocycles. The minimum Gasteiger partial charge on any atom is -0.382 e. The van der Waals surface area contributed by atoms with Gasteiger partial charge in [0.15, 0.2) is 0 Å². The van der Waals surface area contributed by atoms with E-state index in [2.05, 4.69) is 10.6 Å². The van der Waals surface area contributed by atoms with E-state index in [1.165, 1.54) is 0 Å². The number of hydrogen-bond donors (Lipinski definition) is 3. The lowest BCUT2D eigenvalue weighted by molar-refractivity contribution is -0.141. The van der Waals surface area contributed by atoms with Crippen molar-refractivity contribution in [2.24, 2.45) is 0 Å². The van der Waals surface area contributed by atoms with E-state index in [1.54, 1.807) is 4.98 Å². The van der Waals surface area contributed by atoms with Crippen LogP contribution in [0.1, 0.15) is 46.6 Å². The first-order chi connectivity index (χ1) is 12.1. The van der Waals surface area contributed by atoms with Gasteiger partial charge in [0.1, 0.15) is 11.3 Å². The highest BCUT2D eigenvalue weighted by molar-refractivity contribution is 5.94. The molecular formula is C18H18F3N3O2. The van der Waals surface area contributed by atoms with Gasteiger partial charge in [-0.05, 0) is 44.0 Å². The Bertz CT molecular complexity index is 905. The molecule has 3 rings (SSSR count). The van der Waals surface area contributed by atoms with Crippen LogP contribution in [0.3, 0.4) is 0 Å². The van der Waals surface area contributed by atoms with Crippen LogP contribution < -0.4 is 16.2 Å². The summed E-state index contributed by atoms with van der Waals surface area (Å²) in [6.45, 7) is 3.89. The average Bonchev–Trinajstić information content (AvgIpc) is 2.54. The molecule has 5 nitrogen and oxygen atoms in total. The molecule has 0 unspecified atom stereocenters. The van der Waals surface area contributed by atoms with Gasteiger partial charge in [-0.1, -0.05) is 17.7 Å². The summed E-state index contributed by atoms with van der Waals surface area (Å²) in [6.07, 6.45) is -4.07. The summed E-state index contributed by atoms with van der Waals surface area (Å²) in [4.78, 5) is 26.1. The van der Waals surface area contributed by atoms with Gasteiger partial charge in [0.2, 0.25) is 0 Å². The number of aryl methyl sites for hydroxylation is 1. The molecule has 1 aromatic heterocycles. The first-order valence-electron chi connectivity index (χ1n) is 8.13. The molecule has 138 valence electrons. The highest BCUT2D eigenvalue weighted by atomic mass is 19.4. The van der Waals surface area contributed by atoms with Gasteiger partial charge >= 0.3 is 6.18 Å². The van der Waals surface area contributed by atoms with Crippen molar-refractivity contribution in [1.29, 1.82) is 0 Å². The second kappa shape index (κ2) is 6.51. The third kappa shape index (κ3) is 3.58. The van der Waals surface area contributed by atoms with Crippen LogP contribution in [0.15, 0.2) is 35.1 Å². The molecule has 2 heterocycles. The third-order valence-electron chi connectivity index (χ3n) is 4.34. The van der Waals surface area contributed by atoms with Crippen LogP contribution in [0, 0.1) is 6.92 Å². The fourth-order valence-corrected chi connectivity index (χ4v) is 3.10. The second-order valence-electron chi connectivity index (χ2n) is 6.51. The predicted octanol–water partition coefficient (Wildman–Crippen LogP) is 3.38. The Balaban J connectivity index is 1.87. The normalized spacial score (nSPS) is 19.4. The van der Waals surface area contributed by atoms with Crippen molar-refractivity contribution in [2.75, 3.05) is 5.32 Å². The molecule has 1 aliphatic heterocycles. The van der Waals surface area contributed by atoms with E-state index in [4.69, 9.17) is 0 Å². The van der Waals surface area contributed by atoms with Gasteiger partial charge in [-0.2, -0.15) is 13.2 Å². The van der Waals surface area contributed by atoms with Crippen LogP contribution in [-0.2, 0) is 6.18 Å². The molecular weight excluding hydrogens is 347 g/mol. The summed E-state index contributed by atoms with van der Waals surface area (Å²) in [5, 5.41) is 6.09. The molecule has 0 fully saturated rings. The molecule has 0 saturated heterocycles. The minimum absolute atomic E-state index is 0.0985. The molecule has 1 amide bonds. The van der Waals surface area contributed by atoms with Crippen molar-refractivity contribution < 1.29 is 18.0 Å². The first kappa shape index (κ1) is 18.0. The molecule has 2 atom stereocenters.